The van der Waals surface area contributed by atoms with Crippen molar-refractivity contribution in [1.82, 2.24) is 9.47 Å². The summed E-state index contributed by atoms with van der Waals surface area (Å²) in [6.45, 7) is 3.45. The number of aliphatic hydroxyl groups is 1. The lowest BCUT2D eigenvalue weighted by Gasteiger charge is -2.34. The van der Waals surface area contributed by atoms with E-state index in [0.717, 1.165) is 40.6 Å². The van der Waals surface area contributed by atoms with Crippen molar-refractivity contribution in [3.63, 3.8) is 0 Å². The molecule has 1 fully saturated rings. The molecule has 138 valence electrons. The SMILES string of the molecule is OC1(CN2CCOCC2)N=C(c2ccccc2)c2ccsc2-n2cccc21. The van der Waals surface area contributed by atoms with E-state index in [1.807, 2.05) is 36.5 Å². The smallest absolute Gasteiger partial charge is 0.211 e. The normalized spacial score (nSPS) is 22.6. The van der Waals surface area contributed by atoms with Gasteiger partial charge in [-0.3, -0.25) is 4.90 Å². The van der Waals surface area contributed by atoms with Gasteiger partial charge in [-0.2, -0.15) is 0 Å². The third-order valence-electron chi connectivity index (χ3n) is 5.17. The number of hydrogen-bond donors (Lipinski definition) is 1. The van der Waals surface area contributed by atoms with Crippen LogP contribution in [0, 0.1) is 0 Å². The monoisotopic (exact) mass is 379 g/mol. The Morgan fingerprint density at radius 1 is 1.07 bits per heavy atom. The first kappa shape index (κ1) is 16.9. The van der Waals surface area contributed by atoms with Gasteiger partial charge in [0.2, 0.25) is 5.72 Å². The fraction of sp³-hybridized carbons (Fsp3) is 0.286. The molecule has 0 amide bonds. The lowest BCUT2D eigenvalue weighted by molar-refractivity contribution is -0.0331. The molecule has 0 aliphatic carbocycles. The van der Waals surface area contributed by atoms with Crippen molar-refractivity contribution in [3.05, 3.63) is 76.9 Å². The van der Waals surface area contributed by atoms with Gasteiger partial charge in [0.1, 0.15) is 5.00 Å². The topological polar surface area (TPSA) is 50.0 Å². The van der Waals surface area contributed by atoms with Gasteiger partial charge >= 0.3 is 0 Å². The van der Waals surface area contributed by atoms with E-state index in [9.17, 15) is 5.11 Å². The fourth-order valence-electron chi connectivity index (χ4n) is 3.86. The van der Waals surface area contributed by atoms with Crippen LogP contribution in [0.2, 0.25) is 0 Å². The number of fused-ring (bicyclic) bond motifs is 3. The van der Waals surface area contributed by atoms with E-state index >= 15 is 0 Å². The number of aliphatic imine (C=N–C) groups is 1. The van der Waals surface area contributed by atoms with E-state index < -0.39 is 5.72 Å². The Labute approximate surface area is 162 Å². The highest BCUT2D eigenvalue weighted by molar-refractivity contribution is 7.13. The van der Waals surface area contributed by atoms with Crippen LogP contribution in [0.1, 0.15) is 16.8 Å². The second-order valence-electron chi connectivity index (χ2n) is 6.93. The van der Waals surface area contributed by atoms with Crippen molar-refractivity contribution < 1.29 is 9.84 Å². The zero-order chi connectivity index (χ0) is 18.3. The number of benzene rings is 1. The number of ether oxygens (including phenoxy) is 1. The Morgan fingerprint density at radius 3 is 2.70 bits per heavy atom. The van der Waals surface area contributed by atoms with E-state index in [-0.39, 0.29) is 0 Å². The molecule has 3 aromatic rings. The molecular weight excluding hydrogens is 358 g/mol. The van der Waals surface area contributed by atoms with E-state index in [1.54, 1.807) is 11.3 Å². The van der Waals surface area contributed by atoms with E-state index in [2.05, 4.69) is 33.0 Å². The third-order valence-corrected chi connectivity index (χ3v) is 6.08. The number of nitrogens with zero attached hydrogens (tertiary/aromatic N) is 3. The van der Waals surface area contributed by atoms with Gasteiger partial charge in [-0.25, -0.2) is 4.99 Å². The quantitative estimate of drug-likeness (QED) is 0.761. The largest absolute Gasteiger partial charge is 0.379 e. The highest BCUT2D eigenvalue weighted by Gasteiger charge is 2.38. The maximum atomic E-state index is 11.8. The third kappa shape index (κ3) is 2.95. The fourth-order valence-corrected chi connectivity index (χ4v) is 4.76. The van der Waals surface area contributed by atoms with Crippen LogP contribution in [0.15, 0.2) is 65.1 Å². The van der Waals surface area contributed by atoms with Crippen molar-refractivity contribution in [2.24, 2.45) is 4.99 Å². The van der Waals surface area contributed by atoms with Crippen LogP contribution in [0.4, 0.5) is 0 Å². The van der Waals surface area contributed by atoms with Gasteiger partial charge in [0.05, 0.1) is 31.2 Å². The summed E-state index contributed by atoms with van der Waals surface area (Å²) in [4.78, 5) is 7.20. The van der Waals surface area contributed by atoms with Crippen molar-refractivity contribution in [2.75, 3.05) is 32.8 Å². The summed E-state index contributed by atoms with van der Waals surface area (Å²) >= 11 is 1.67. The second-order valence-corrected chi connectivity index (χ2v) is 7.83. The van der Waals surface area contributed by atoms with Crippen LogP contribution < -0.4 is 0 Å². The first-order valence-electron chi connectivity index (χ1n) is 9.18. The summed E-state index contributed by atoms with van der Waals surface area (Å²) in [7, 11) is 0. The minimum atomic E-state index is -1.31. The summed E-state index contributed by atoms with van der Waals surface area (Å²) in [5.41, 5.74) is 2.41. The Hall–Kier alpha value is -2.25. The lowest BCUT2D eigenvalue weighted by Crippen LogP contribution is -2.46. The summed E-state index contributed by atoms with van der Waals surface area (Å²) < 4.78 is 7.55. The number of hydrogen-bond acceptors (Lipinski definition) is 5. The molecule has 1 N–H and O–H groups in total. The molecule has 4 heterocycles. The number of rotatable bonds is 3. The molecule has 1 saturated heterocycles. The van der Waals surface area contributed by atoms with Crippen molar-refractivity contribution >= 4 is 17.0 Å². The van der Waals surface area contributed by atoms with Crippen LogP contribution in [0.3, 0.4) is 0 Å². The number of aromatic nitrogens is 1. The minimum Gasteiger partial charge on any atom is -0.379 e. The molecule has 0 bridgehead atoms. The zero-order valence-electron chi connectivity index (χ0n) is 14.9. The highest BCUT2D eigenvalue weighted by atomic mass is 32.1. The standard InChI is InChI=1S/C21H21N3O2S/c25-21(15-23-10-12-26-13-11-23)18-7-4-9-24(18)20-17(8-14-27-20)19(22-21)16-5-2-1-3-6-16/h1-9,14,25H,10-13,15H2. The van der Waals surface area contributed by atoms with Gasteiger partial charge in [-0.1, -0.05) is 30.3 Å². The predicted octanol–water partition coefficient (Wildman–Crippen LogP) is 2.87. The second kappa shape index (κ2) is 6.73. The molecule has 2 aliphatic rings. The first-order chi connectivity index (χ1) is 13.2. The molecule has 27 heavy (non-hydrogen) atoms. The molecule has 0 spiro atoms. The number of thiophene rings is 1. The maximum Gasteiger partial charge on any atom is 0.211 e. The van der Waals surface area contributed by atoms with Gasteiger partial charge in [0, 0.05) is 30.4 Å². The van der Waals surface area contributed by atoms with Crippen LogP contribution in [-0.2, 0) is 10.5 Å². The molecule has 0 saturated carbocycles. The minimum absolute atomic E-state index is 0.450. The van der Waals surface area contributed by atoms with E-state index in [4.69, 9.17) is 9.73 Å². The van der Waals surface area contributed by atoms with Crippen LogP contribution >= 0.6 is 11.3 Å². The average molecular weight is 379 g/mol. The Bertz CT molecular complexity index is 972. The molecule has 5 nitrogen and oxygen atoms in total. The van der Waals surface area contributed by atoms with Gasteiger partial charge in [-0.05, 0) is 23.6 Å². The zero-order valence-corrected chi connectivity index (χ0v) is 15.7. The maximum absolute atomic E-state index is 11.8. The van der Waals surface area contributed by atoms with Crippen LogP contribution in [-0.4, -0.2) is 53.1 Å². The summed E-state index contributed by atoms with van der Waals surface area (Å²) in [5, 5.41) is 15.0. The molecule has 2 aromatic heterocycles. The average Bonchev–Trinajstić information content (AvgIpc) is 3.35. The molecule has 1 atom stereocenters. The van der Waals surface area contributed by atoms with Crippen molar-refractivity contribution in [3.8, 4) is 5.00 Å². The molecule has 2 aliphatic heterocycles. The Morgan fingerprint density at radius 2 is 1.89 bits per heavy atom. The molecule has 5 rings (SSSR count). The van der Waals surface area contributed by atoms with Crippen molar-refractivity contribution in [1.29, 1.82) is 0 Å². The Kier molecular flexibility index (Phi) is 4.21. The molecular formula is C21H21N3O2S. The molecule has 1 unspecified atom stereocenters. The van der Waals surface area contributed by atoms with Gasteiger partial charge < -0.3 is 14.4 Å². The summed E-state index contributed by atoms with van der Waals surface area (Å²) in [6.07, 6.45) is 2.01. The first-order valence-corrected chi connectivity index (χ1v) is 10.1. The van der Waals surface area contributed by atoms with Crippen molar-refractivity contribution in [2.45, 2.75) is 5.72 Å². The highest BCUT2D eigenvalue weighted by Crippen LogP contribution is 2.36. The van der Waals surface area contributed by atoms with E-state index in [1.165, 1.54) is 0 Å². The lowest BCUT2D eigenvalue weighted by atomic mass is 10.0. The number of β-amino-alcohol motifs (C(OH)–C–C–N with tert-alkyl or cyclic N) is 1. The summed E-state index contributed by atoms with van der Waals surface area (Å²) in [5.74, 6) is 0. The Balaban J connectivity index is 1.67. The van der Waals surface area contributed by atoms with Crippen LogP contribution in [0.25, 0.3) is 5.00 Å². The van der Waals surface area contributed by atoms with Gasteiger partial charge in [0.25, 0.3) is 0 Å². The van der Waals surface area contributed by atoms with Gasteiger partial charge in [-0.15, -0.1) is 11.3 Å². The molecule has 1 aromatic carbocycles. The van der Waals surface area contributed by atoms with Crippen LogP contribution in [0.5, 0.6) is 0 Å². The summed E-state index contributed by atoms with van der Waals surface area (Å²) in [6, 6.07) is 16.2. The van der Waals surface area contributed by atoms with E-state index in [0.29, 0.717) is 19.8 Å². The molecule has 0 radical (unpaired) electrons. The predicted molar refractivity (Wildman–Crippen MR) is 107 cm³/mol. The number of morpholine rings is 1. The van der Waals surface area contributed by atoms with Gasteiger partial charge in [0.15, 0.2) is 0 Å². The molecule has 6 heteroatoms.